The molecule has 0 atom stereocenters. The van der Waals surface area contributed by atoms with Crippen LogP contribution in [-0.4, -0.2) is 21.2 Å². The van der Waals surface area contributed by atoms with Crippen molar-refractivity contribution >= 4 is 34.2 Å². The number of aromatic amines is 1. The van der Waals surface area contributed by atoms with Crippen molar-refractivity contribution in [2.24, 2.45) is 0 Å². The highest BCUT2D eigenvalue weighted by atomic mass is 32.2. The van der Waals surface area contributed by atoms with E-state index in [4.69, 9.17) is 4.74 Å². The highest BCUT2D eigenvalue weighted by Crippen LogP contribution is 2.31. The molecule has 0 aliphatic heterocycles. The number of para-hydroxylation sites is 1. The van der Waals surface area contributed by atoms with Gasteiger partial charge in [0.1, 0.15) is 22.7 Å². The highest BCUT2D eigenvalue weighted by molar-refractivity contribution is 7.98. The van der Waals surface area contributed by atoms with Crippen LogP contribution in [0.25, 0.3) is 22.0 Å². The minimum absolute atomic E-state index is 0.246. The minimum atomic E-state index is -0.246. The normalized spacial score (nSPS) is 10.8. The number of nitrogens with one attached hydrogen (secondary N) is 2. The third-order valence-corrected chi connectivity index (χ3v) is 5.63. The van der Waals surface area contributed by atoms with E-state index < -0.39 is 0 Å². The van der Waals surface area contributed by atoms with Gasteiger partial charge in [-0.05, 0) is 48.2 Å². The molecule has 2 N–H and O–H groups in total. The number of nitrogens with zero attached hydrogens (tertiary/aromatic N) is 2. The topological polar surface area (TPSA) is 79.9 Å². The SMILES string of the molecule is CSc1nc(Nc2ccc(Oc3ccccc3)cc2)c2c(=O)[nH]cc(-c3ccccc3)c2n1. The number of hydrogen-bond donors (Lipinski definition) is 2. The van der Waals surface area contributed by atoms with E-state index in [-0.39, 0.29) is 5.56 Å². The van der Waals surface area contributed by atoms with Crippen LogP contribution < -0.4 is 15.6 Å². The maximum Gasteiger partial charge on any atom is 0.261 e. The smallest absolute Gasteiger partial charge is 0.261 e. The molecule has 0 fully saturated rings. The number of H-pyrrole nitrogens is 1. The predicted octanol–water partition coefficient (Wildman–Crippen LogP) is 6.24. The Labute approximate surface area is 194 Å². The Hall–Kier alpha value is -4.10. The molecule has 5 rings (SSSR count). The summed E-state index contributed by atoms with van der Waals surface area (Å²) in [6.45, 7) is 0. The van der Waals surface area contributed by atoms with Gasteiger partial charge in [0.25, 0.3) is 5.56 Å². The average molecular weight is 453 g/mol. The van der Waals surface area contributed by atoms with Gasteiger partial charge in [-0.1, -0.05) is 60.3 Å². The Morgan fingerprint density at radius 3 is 2.21 bits per heavy atom. The lowest BCUT2D eigenvalue weighted by Gasteiger charge is -2.13. The lowest BCUT2D eigenvalue weighted by atomic mass is 10.1. The number of anilines is 2. The van der Waals surface area contributed by atoms with Gasteiger partial charge in [0.2, 0.25) is 0 Å². The quantitative estimate of drug-likeness (QED) is 0.234. The lowest BCUT2D eigenvalue weighted by molar-refractivity contribution is 0.483. The van der Waals surface area contributed by atoms with Gasteiger partial charge in [-0.25, -0.2) is 9.97 Å². The second-order valence-corrected chi connectivity index (χ2v) is 8.02. The summed E-state index contributed by atoms with van der Waals surface area (Å²) < 4.78 is 5.86. The van der Waals surface area contributed by atoms with E-state index in [1.807, 2.05) is 91.2 Å². The van der Waals surface area contributed by atoms with E-state index in [9.17, 15) is 4.79 Å². The Morgan fingerprint density at radius 2 is 1.52 bits per heavy atom. The van der Waals surface area contributed by atoms with Gasteiger partial charge in [-0.15, -0.1) is 0 Å². The lowest BCUT2D eigenvalue weighted by Crippen LogP contribution is -2.11. The number of rotatable bonds is 6. The zero-order valence-corrected chi connectivity index (χ0v) is 18.6. The van der Waals surface area contributed by atoms with Crippen molar-refractivity contribution in [2.45, 2.75) is 5.16 Å². The summed E-state index contributed by atoms with van der Waals surface area (Å²) >= 11 is 1.43. The van der Waals surface area contributed by atoms with Crippen LogP contribution >= 0.6 is 11.8 Å². The van der Waals surface area contributed by atoms with Crippen molar-refractivity contribution in [1.82, 2.24) is 15.0 Å². The summed E-state index contributed by atoms with van der Waals surface area (Å²) in [5.41, 5.74) is 2.96. The standard InChI is InChI=1S/C26H20N4O2S/c1-33-26-29-23-21(17-8-4-2-5-9-17)16-27-25(31)22(23)24(30-26)28-18-12-14-20(15-13-18)32-19-10-6-3-7-11-19/h2-16H,1H3,(H,27,31)(H,28,29,30). The van der Waals surface area contributed by atoms with Gasteiger partial charge in [0.15, 0.2) is 5.16 Å². The number of hydrogen-bond acceptors (Lipinski definition) is 6. The predicted molar refractivity (Wildman–Crippen MR) is 134 cm³/mol. The first kappa shape index (κ1) is 20.8. The Kier molecular flexibility index (Phi) is 5.78. The first-order valence-electron chi connectivity index (χ1n) is 10.3. The molecule has 5 aromatic rings. The second kappa shape index (κ2) is 9.18. The number of thioether (sulfide) groups is 1. The largest absolute Gasteiger partial charge is 0.457 e. The number of ether oxygens (including phenoxy) is 1. The molecule has 0 spiro atoms. The van der Waals surface area contributed by atoms with Crippen LogP contribution in [0.3, 0.4) is 0 Å². The first-order valence-corrected chi connectivity index (χ1v) is 11.6. The number of pyridine rings is 1. The van der Waals surface area contributed by atoms with Gasteiger partial charge in [-0.3, -0.25) is 4.79 Å². The minimum Gasteiger partial charge on any atom is -0.457 e. The van der Waals surface area contributed by atoms with Crippen LogP contribution in [0.1, 0.15) is 0 Å². The van der Waals surface area contributed by atoms with E-state index in [1.165, 1.54) is 11.8 Å². The van der Waals surface area contributed by atoms with E-state index in [1.54, 1.807) is 6.20 Å². The zero-order valence-electron chi connectivity index (χ0n) is 17.8. The van der Waals surface area contributed by atoms with Crippen molar-refractivity contribution < 1.29 is 4.74 Å². The van der Waals surface area contributed by atoms with Gasteiger partial charge < -0.3 is 15.0 Å². The summed E-state index contributed by atoms with van der Waals surface area (Å²) in [5, 5.41) is 4.29. The average Bonchev–Trinajstić information content (AvgIpc) is 2.86. The van der Waals surface area contributed by atoms with Crippen LogP contribution in [0.15, 0.2) is 101 Å². The molecule has 0 radical (unpaired) electrons. The van der Waals surface area contributed by atoms with Crippen molar-refractivity contribution in [1.29, 1.82) is 0 Å². The second-order valence-electron chi connectivity index (χ2n) is 7.24. The van der Waals surface area contributed by atoms with E-state index >= 15 is 0 Å². The fraction of sp³-hybridized carbons (Fsp3) is 0.0385. The van der Waals surface area contributed by atoms with E-state index in [0.717, 1.165) is 22.6 Å². The molecule has 0 amide bonds. The fourth-order valence-corrected chi connectivity index (χ4v) is 3.88. The fourth-order valence-electron chi connectivity index (χ4n) is 3.52. The van der Waals surface area contributed by atoms with Crippen molar-refractivity contribution in [2.75, 3.05) is 11.6 Å². The third-order valence-electron chi connectivity index (χ3n) is 5.08. The number of aromatic nitrogens is 3. The van der Waals surface area contributed by atoms with Gasteiger partial charge in [0.05, 0.1) is 5.52 Å². The summed E-state index contributed by atoms with van der Waals surface area (Å²) in [6.07, 6.45) is 3.62. The molecule has 0 unspecified atom stereocenters. The molecule has 3 aromatic carbocycles. The maximum atomic E-state index is 12.8. The van der Waals surface area contributed by atoms with Crippen LogP contribution in [-0.2, 0) is 0 Å². The van der Waals surface area contributed by atoms with Gasteiger partial charge >= 0.3 is 0 Å². The number of benzene rings is 3. The Balaban J connectivity index is 1.53. The molecular weight excluding hydrogens is 432 g/mol. The Morgan fingerprint density at radius 1 is 0.848 bits per heavy atom. The first-order chi connectivity index (χ1) is 16.2. The van der Waals surface area contributed by atoms with Crippen molar-refractivity contribution in [3.63, 3.8) is 0 Å². The molecule has 0 saturated carbocycles. The molecule has 162 valence electrons. The van der Waals surface area contributed by atoms with Crippen LogP contribution in [0.2, 0.25) is 0 Å². The monoisotopic (exact) mass is 452 g/mol. The zero-order chi connectivity index (χ0) is 22.6. The van der Waals surface area contributed by atoms with E-state index in [2.05, 4.69) is 20.3 Å². The van der Waals surface area contributed by atoms with Crippen LogP contribution in [0, 0.1) is 0 Å². The molecule has 2 heterocycles. The molecule has 2 aromatic heterocycles. The molecule has 0 bridgehead atoms. The summed E-state index contributed by atoms with van der Waals surface area (Å²) in [5.74, 6) is 1.94. The summed E-state index contributed by atoms with van der Waals surface area (Å²) in [4.78, 5) is 24.9. The molecule has 0 saturated heterocycles. The molecule has 0 aliphatic rings. The van der Waals surface area contributed by atoms with Crippen molar-refractivity contribution in [3.05, 3.63) is 101 Å². The summed E-state index contributed by atoms with van der Waals surface area (Å²) in [7, 11) is 0. The van der Waals surface area contributed by atoms with Crippen LogP contribution in [0.4, 0.5) is 11.5 Å². The van der Waals surface area contributed by atoms with E-state index in [0.29, 0.717) is 27.6 Å². The molecular formula is C26H20N4O2S. The molecule has 7 heteroatoms. The van der Waals surface area contributed by atoms with Crippen molar-refractivity contribution in [3.8, 4) is 22.6 Å². The Bertz CT molecular complexity index is 1450. The third kappa shape index (κ3) is 4.44. The molecule has 6 nitrogen and oxygen atoms in total. The number of fused-ring (bicyclic) bond motifs is 1. The molecule has 0 aliphatic carbocycles. The highest BCUT2D eigenvalue weighted by Gasteiger charge is 2.16. The van der Waals surface area contributed by atoms with Crippen LogP contribution in [0.5, 0.6) is 11.5 Å². The maximum absolute atomic E-state index is 12.8. The molecule has 33 heavy (non-hydrogen) atoms. The van der Waals surface area contributed by atoms with Gasteiger partial charge in [0, 0.05) is 17.4 Å². The van der Waals surface area contributed by atoms with Gasteiger partial charge in [-0.2, -0.15) is 0 Å². The summed E-state index contributed by atoms with van der Waals surface area (Å²) in [6, 6.07) is 27.0.